The van der Waals surface area contributed by atoms with E-state index in [1.54, 1.807) is 37.2 Å². The number of methoxy groups -OCH3 is 1. The third kappa shape index (κ3) is 6.82. The number of aliphatic carboxylic acids is 1. The molecular weight excluding hydrogens is 619 g/mol. The highest BCUT2D eigenvalue weighted by atomic mass is 35.5. The van der Waals surface area contributed by atoms with Crippen molar-refractivity contribution < 1.29 is 32.2 Å². The Hall–Kier alpha value is -3.35. The third-order valence-electron chi connectivity index (χ3n) is 6.73. The van der Waals surface area contributed by atoms with Gasteiger partial charge in [0.15, 0.2) is 5.16 Å². The van der Waals surface area contributed by atoms with Crippen LogP contribution in [0.4, 0.5) is 17.6 Å². The molecule has 0 bridgehead atoms. The molecule has 0 saturated carbocycles. The molecule has 5 rings (SSSR count). The van der Waals surface area contributed by atoms with Crippen LogP contribution in [0.3, 0.4) is 0 Å². The Balaban J connectivity index is 0.000000517. The summed E-state index contributed by atoms with van der Waals surface area (Å²) >= 11 is 14.2. The predicted octanol–water partition coefficient (Wildman–Crippen LogP) is 7.68. The molecule has 2 heterocycles. The van der Waals surface area contributed by atoms with Crippen molar-refractivity contribution in [2.24, 2.45) is 0 Å². The zero-order valence-corrected chi connectivity index (χ0v) is 24.6. The van der Waals surface area contributed by atoms with E-state index in [0.29, 0.717) is 21.5 Å². The Morgan fingerprint density at radius 1 is 1.17 bits per heavy atom. The fraction of sp³-hybridized carbons (Fsp3) is 0.286. The number of rotatable bonds is 6. The minimum atomic E-state index is -5.08. The number of alkyl halides is 3. The number of benzene rings is 2. The molecule has 1 unspecified atom stereocenters. The smallest absolute Gasteiger partial charge is 0.490 e. The van der Waals surface area contributed by atoms with Crippen LogP contribution in [0, 0.1) is 5.82 Å². The van der Waals surface area contributed by atoms with Gasteiger partial charge < -0.3 is 9.84 Å². The number of halogens is 6. The van der Waals surface area contributed by atoms with E-state index >= 15 is 0 Å². The highest BCUT2D eigenvalue weighted by molar-refractivity contribution is 7.98. The van der Waals surface area contributed by atoms with E-state index in [2.05, 4.69) is 27.5 Å². The number of thioether (sulfide) groups is 1. The Kier molecular flexibility index (Phi) is 9.69. The topological polar surface area (TPSA) is 90.1 Å². The van der Waals surface area contributed by atoms with Crippen LogP contribution in [0.25, 0.3) is 5.69 Å². The first kappa shape index (κ1) is 31.6. The first-order chi connectivity index (χ1) is 19.8. The van der Waals surface area contributed by atoms with E-state index in [4.69, 9.17) is 42.8 Å². The monoisotopic (exact) mass is 642 g/mol. The largest absolute Gasteiger partial charge is 0.495 e. The van der Waals surface area contributed by atoms with Gasteiger partial charge in [0.25, 0.3) is 0 Å². The molecule has 14 heteroatoms. The summed E-state index contributed by atoms with van der Waals surface area (Å²) in [5, 5.41) is 9.02. The van der Waals surface area contributed by atoms with Gasteiger partial charge in [-0.1, -0.05) is 41.0 Å². The van der Waals surface area contributed by atoms with Gasteiger partial charge in [0.05, 0.1) is 34.2 Å². The number of fused-ring (bicyclic) bond motifs is 1. The number of imidazole rings is 1. The van der Waals surface area contributed by atoms with Crippen LogP contribution < -0.4 is 4.74 Å². The molecule has 2 aromatic heterocycles. The molecule has 0 fully saturated rings. The lowest BCUT2D eigenvalue weighted by Crippen LogP contribution is -2.31. The summed E-state index contributed by atoms with van der Waals surface area (Å²) in [5.41, 5.74) is 4.47. The Labute approximate surface area is 252 Å². The highest BCUT2D eigenvalue weighted by Crippen LogP contribution is 2.46. The summed E-state index contributed by atoms with van der Waals surface area (Å²) in [6, 6.07) is 12.5. The molecule has 1 N–H and O–H groups in total. The number of carboxylic acids is 1. The number of aryl methyl sites for hydroxylation is 1. The minimum Gasteiger partial charge on any atom is -0.495 e. The Morgan fingerprint density at radius 3 is 2.48 bits per heavy atom. The van der Waals surface area contributed by atoms with Crippen molar-refractivity contribution in [3.8, 4) is 11.4 Å². The predicted molar refractivity (Wildman–Crippen MR) is 151 cm³/mol. The molecule has 0 saturated heterocycles. The van der Waals surface area contributed by atoms with Gasteiger partial charge in [-0.2, -0.15) is 13.2 Å². The van der Waals surface area contributed by atoms with Crippen LogP contribution in [0.2, 0.25) is 10.0 Å². The summed E-state index contributed by atoms with van der Waals surface area (Å²) in [4.78, 5) is 22.2. The normalized spacial score (nSPS) is 16.3. The molecule has 1 aliphatic rings. The van der Waals surface area contributed by atoms with Crippen LogP contribution in [0.1, 0.15) is 42.4 Å². The van der Waals surface area contributed by atoms with Gasteiger partial charge in [-0.25, -0.2) is 24.1 Å². The molecule has 0 aliphatic heterocycles. The molecule has 2 aromatic carbocycles. The van der Waals surface area contributed by atoms with Crippen LogP contribution >= 0.6 is 35.0 Å². The van der Waals surface area contributed by atoms with Gasteiger partial charge in [-0.3, -0.25) is 4.57 Å². The molecular formula is C28H24Cl2F4N4O3S. The van der Waals surface area contributed by atoms with E-state index in [1.165, 1.54) is 18.5 Å². The van der Waals surface area contributed by atoms with Gasteiger partial charge >= 0.3 is 12.1 Å². The number of carbonyl (C=O) groups is 1. The zero-order valence-electron chi connectivity index (χ0n) is 22.3. The number of ether oxygens (including phenoxy) is 1. The standard InChI is InChI=1S/C26H23Cl2FN4OS.C2HF3O2/c1-26(16-5-10-19(27)23(12-16)34-2)11-3-4-21-24(26)33(18-8-6-17(29)7-9-18)25(32-21)35-14-22-20(28)13-30-15-31-22;3-2(4,5)1(6)7/h5-10,12-13,15H,3-4,11,14H2,1-2H3;(H,6,7). The van der Waals surface area contributed by atoms with E-state index in [0.717, 1.165) is 52.8 Å². The number of carboxylic acid groups (broad SMARTS) is 1. The van der Waals surface area contributed by atoms with Gasteiger partial charge in [0, 0.05) is 23.1 Å². The third-order valence-corrected chi connectivity index (χ3v) is 8.31. The fourth-order valence-electron chi connectivity index (χ4n) is 4.70. The fourth-order valence-corrected chi connectivity index (χ4v) is 6.14. The molecule has 0 spiro atoms. The maximum atomic E-state index is 13.8. The van der Waals surface area contributed by atoms with E-state index in [-0.39, 0.29) is 11.2 Å². The lowest BCUT2D eigenvalue weighted by Gasteiger charge is -2.36. The zero-order chi connectivity index (χ0) is 30.7. The van der Waals surface area contributed by atoms with Crippen LogP contribution in [0.5, 0.6) is 5.75 Å². The van der Waals surface area contributed by atoms with Crippen molar-refractivity contribution in [3.05, 3.63) is 93.5 Å². The Morgan fingerprint density at radius 2 is 1.86 bits per heavy atom. The first-order valence-corrected chi connectivity index (χ1v) is 14.2. The maximum Gasteiger partial charge on any atom is 0.490 e. The second-order valence-electron chi connectivity index (χ2n) is 9.45. The second-order valence-corrected chi connectivity index (χ2v) is 11.2. The number of hydrogen-bond donors (Lipinski definition) is 1. The average Bonchev–Trinajstić information content (AvgIpc) is 3.33. The molecule has 1 aliphatic carbocycles. The minimum absolute atomic E-state index is 0.282. The number of aromatic nitrogens is 4. The molecule has 0 amide bonds. The summed E-state index contributed by atoms with van der Waals surface area (Å²) in [6.07, 6.45) is 0.791. The molecule has 7 nitrogen and oxygen atoms in total. The van der Waals surface area contributed by atoms with E-state index in [1.807, 2.05) is 12.1 Å². The van der Waals surface area contributed by atoms with Gasteiger partial charge in [0.1, 0.15) is 17.9 Å². The highest BCUT2D eigenvalue weighted by Gasteiger charge is 2.40. The van der Waals surface area contributed by atoms with Crippen LogP contribution in [0.15, 0.2) is 60.1 Å². The molecule has 1 atom stereocenters. The quantitative estimate of drug-likeness (QED) is 0.170. The van der Waals surface area contributed by atoms with Crippen molar-refractivity contribution in [2.45, 2.75) is 48.7 Å². The number of nitrogens with zero attached hydrogens (tertiary/aromatic N) is 4. The lowest BCUT2D eigenvalue weighted by molar-refractivity contribution is -0.192. The van der Waals surface area contributed by atoms with Crippen LogP contribution in [-0.4, -0.2) is 43.9 Å². The van der Waals surface area contributed by atoms with Gasteiger partial charge in [0.2, 0.25) is 0 Å². The molecule has 42 heavy (non-hydrogen) atoms. The maximum absolute atomic E-state index is 13.8. The van der Waals surface area contributed by atoms with Crippen LogP contribution in [-0.2, 0) is 22.4 Å². The summed E-state index contributed by atoms with van der Waals surface area (Å²) in [7, 11) is 1.62. The van der Waals surface area contributed by atoms with Gasteiger partial charge in [-0.15, -0.1) is 0 Å². The van der Waals surface area contributed by atoms with E-state index in [9.17, 15) is 17.6 Å². The summed E-state index contributed by atoms with van der Waals surface area (Å²) in [6.45, 7) is 2.23. The molecule has 4 aromatic rings. The van der Waals surface area contributed by atoms with Crippen molar-refractivity contribution in [3.63, 3.8) is 0 Å². The summed E-state index contributed by atoms with van der Waals surface area (Å²) < 4.78 is 53.2. The average molecular weight is 643 g/mol. The number of hydrogen-bond acceptors (Lipinski definition) is 6. The van der Waals surface area contributed by atoms with Crippen molar-refractivity contribution >= 4 is 40.9 Å². The van der Waals surface area contributed by atoms with Gasteiger partial charge in [-0.05, 0) is 68.1 Å². The lowest BCUT2D eigenvalue weighted by atomic mass is 9.71. The molecule has 0 radical (unpaired) electrons. The van der Waals surface area contributed by atoms with E-state index < -0.39 is 12.1 Å². The van der Waals surface area contributed by atoms with Crippen molar-refractivity contribution in [1.82, 2.24) is 19.5 Å². The van der Waals surface area contributed by atoms with Crippen molar-refractivity contribution in [1.29, 1.82) is 0 Å². The first-order valence-electron chi connectivity index (χ1n) is 12.4. The second kappa shape index (κ2) is 12.9. The summed E-state index contributed by atoms with van der Waals surface area (Å²) in [5.74, 6) is -1.87. The molecule has 222 valence electrons. The SMILES string of the molecule is COc1cc(C2(C)CCCc3nc(SCc4ncncc4Cl)n(-c4ccc(F)cc4)c32)ccc1Cl.O=C(O)C(F)(F)F. The van der Waals surface area contributed by atoms with Crippen molar-refractivity contribution in [2.75, 3.05) is 7.11 Å². The Bertz CT molecular complexity index is 1580.